The molecule has 0 N–H and O–H groups in total. The summed E-state index contributed by atoms with van der Waals surface area (Å²) >= 11 is 11.1. The van der Waals surface area contributed by atoms with E-state index >= 15 is 0 Å². The predicted molar refractivity (Wildman–Crippen MR) is 71.2 cm³/mol. The van der Waals surface area contributed by atoms with Crippen LogP contribution < -0.4 is 4.90 Å². The largest absolute Gasteiger partial charge is 0.353 e. The minimum absolute atomic E-state index is 0.430. The Hall–Kier alpha value is -0.650. The quantitative estimate of drug-likeness (QED) is 0.866. The summed E-state index contributed by atoms with van der Waals surface area (Å²) in [6.07, 6.45) is 3.22. The van der Waals surface area contributed by atoms with Gasteiger partial charge in [0.15, 0.2) is 11.0 Å². The Morgan fingerprint density at radius 2 is 2.19 bits per heavy atom. The van der Waals surface area contributed by atoms with E-state index in [1.807, 2.05) is 11.9 Å². The lowest BCUT2D eigenvalue weighted by molar-refractivity contribution is 0.893. The van der Waals surface area contributed by atoms with Gasteiger partial charge in [-0.05, 0) is 32.9 Å². The first-order chi connectivity index (χ1) is 7.66. The fourth-order valence-electron chi connectivity index (χ4n) is 1.35. The van der Waals surface area contributed by atoms with Crippen molar-refractivity contribution in [1.29, 1.82) is 0 Å². The van der Waals surface area contributed by atoms with Crippen molar-refractivity contribution in [2.24, 2.45) is 0 Å². The summed E-state index contributed by atoms with van der Waals surface area (Å²) < 4.78 is 1.13. The summed E-state index contributed by atoms with van der Waals surface area (Å²) in [6, 6.07) is 2.09. The van der Waals surface area contributed by atoms with Gasteiger partial charge in [-0.15, -0.1) is 11.3 Å². The van der Waals surface area contributed by atoms with Crippen LogP contribution in [-0.4, -0.2) is 17.0 Å². The molecule has 0 unspecified atom stereocenters. The summed E-state index contributed by atoms with van der Waals surface area (Å²) in [5.41, 5.74) is 1.22. The molecule has 0 amide bonds. The number of aromatic nitrogens is 2. The van der Waals surface area contributed by atoms with E-state index in [4.69, 9.17) is 11.6 Å². The molecule has 0 aromatic carbocycles. The van der Waals surface area contributed by atoms with Crippen LogP contribution in [0.5, 0.6) is 0 Å². The van der Waals surface area contributed by atoms with Crippen LogP contribution >= 0.6 is 38.9 Å². The van der Waals surface area contributed by atoms with Crippen molar-refractivity contribution in [3.05, 3.63) is 38.3 Å². The van der Waals surface area contributed by atoms with Gasteiger partial charge in [0.2, 0.25) is 0 Å². The highest BCUT2D eigenvalue weighted by Gasteiger charge is 2.09. The van der Waals surface area contributed by atoms with Crippen molar-refractivity contribution in [2.45, 2.75) is 6.54 Å². The molecular weight excluding hydrogens is 310 g/mol. The zero-order chi connectivity index (χ0) is 11.5. The average molecular weight is 319 g/mol. The van der Waals surface area contributed by atoms with Crippen molar-refractivity contribution >= 4 is 44.7 Å². The van der Waals surface area contributed by atoms with Gasteiger partial charge < -0.3 is 4.90 Å². The molecule has 0 aliphatic carbocycles. The standard InChI is InChI=1S/C10H9BrClN3S/c1-15(5-7-4-8(11)16-6-7)10-9(12)13-2-3-14-10/h2-4,6H,5H2,1H3. The Labute approximate surface area is 111 Å². The van der Waals surface area contributed by atoms with Gasteiger partial charge in [0, 0.05) is 26.0 Å². The summed E-state index contributed by atoms with van der Waals surface area (Å²) in [5.74, 6) is 0.700. The van der Waals surface area contributed by atoms with Crippen LogP contribution in [0, 0.1) is 0 Å². The fraction of sp³-hybridized carbons (Fsp3) is 0.200. The lowest BCUT2D eigenvalue weighted by atomic mass is 10.3. The molecular formula is C10H9BrClN3S. The minimum Gasteiger partial charge on any atom is -0.353 e. The summed E-state index contributed by atoms with van der Waals surface area (Å²) in [6.45, 7) is 0.764. The lowest BCUT2D eigenvalue weighted by Gasteiger charge is -2.17. The van der Waals surface area contributed by atoms with Crippen LogP contribution in [0.25, 0.3) is 0 Å². The van der Waals surface area contributed by atoms with Gasteiger partial charge in [0.25, 0.3) is 0 Å². The van der Waals surface area contributed by atoms with Crippen LogP contribution in [0.15, 0.2) is 27.6 Å². The zero-order valence-corrected chi connectivity index (χ0v) is 11.7. The van der Waals surface area contributed by atoms with E-state index in [1.54, 1.807) is 23.7 Å². The Bertz CT molecular complexity index is 488. The number of halogens is 2. The van der Waals surface area contributed by atoms with Crippen molar-refractivity contribution in [2.75, 3.05) is 11.9 Å². The second-order valence-corrected chi connectivity index (χ2v) is 5.93. The third-order valence-electron chi connectivity index (χ3n) is 2.04. The molecule has 3 nitrogen and oxygen atoms in total. The molecule has 0 fully saturated rings. The first-order valence-electron chi connectivity index (χ1n) is 4.57. The van der Waals surface area contributed by atoms with Crippen LogP contribution in [-0.2, 0) is 6.54 Å². The maximum Gasteiger partial charge on any atom is 0.171 e. The fourth-order valence-corrected chi connectivity index (χ4v) is 2.80. The van der Waals surface area contributed by atoms with Crippen LogP contribution in [0.1, 0.15) is 5.56 Å². The zero-order valence-electron chi connectivity index (χ0n) is 8.52. The molecule has 2 rings (SSSR count). The summed E-state index contributed by atoms with van der Waals surface area (Å²) in [4.78, 5) is 10.2. The molecule has 2 aromatic rings. The van der Waals surface area contributed by atoms with Gasteiger partial charge >= 0.3 is 0 Å². The number of rotatable bonds is 3. The van der Waals surface area contributed by atoms with Gasteiger partial charge in [-0.3, -0.25) is 0 Å². The Kier molecular flexibility index (Phi) is 3.78. The average Bonchev–Trinajstić information content (AvgIpc) is 2.64. The topological polar surface area (TPSA) is 29.0 Å². The van der Waals surface area contributed by atoms with Gasteiger partial charge in [-0.2, -0.15) is 0 Å². The third kappa shape index (κ3) is 2.72. The second-order valence-electron chi connectivity index (χ2n) is 3.29. The van der Waals surface area contributed by atoms with Crippen molar-refractivity contribution in [1.82, 2.24) is 9.97 Å². The molecule has 0 aliphatic heterocycles. The number of nitrogens with zero attached hydrogens (tertiary/aromatic N) is 3. The Morgan fingerprint density at radius 1 is 1.44 bits per heavy atom. The molecule has 6 heteroatoms. The van der Waals surface area contributed by atoms with E-state index in [9.17, 15) is 0 Å². The van der Waals surface area contributed by atoms with E-state index in [0.29, 0.717) is 11.0 Å². The van der Waals surface area contributed by atoms with Gasteiger partial charge in [0.05, 0.1) is 3.79 Å². The molecule has 0 saturated heterocycles. The summed E-state index contributed by atoms with van der Waals surface area (Å²) in [7, 11) is 1.95. The van der Waals surface area contributed by atoms with Crippen LogP contribution in [0.2, 0.25) is 5.15 Å². The minimum atomic E-state index is 0.430. The monoisotopic (exact) mass is 317 g/mol. The molecule has 0 spiro atoms. The molecule has 0 aliphatic rings. The van der Waals surface area contributed by atoms with Crippen molar-refractivity contribution in [3.63, 3.8) is 0 Å². The molecule has 0 radical (unpaired) electrons. The highest BCUT2D eigenvalue weighted by atomic mass is 79.9. The first kappa shape index (κ1) is 11.8. The SMILES string of the molecule is CN(Cc1csc(Br)c1)c1nccnc1Cl. The normalized spacial score (nSPS) is 10.4. The molecule has 0 saturated carbocycles. The lowest BCUT2D eigenvalue weighted by Crippen LogP contribution is -2.17. The maximum atomic E-state index is 5.97. The van der Waals surface area contributed by atoms with E-state index in [-0.39, 0.29) is 0 Å². The maximum absolute atomic E-state index is 5.97. The second kappa shape index (κ2) is 5.12. The number of hydrogen-bond acceptors (Lipinski definition) is 4. The molecule has 2 aromatic heterocycles. The predicted octanol–water partition coefficient (Wildman–Crippen LogP) is 3.59. The summed E-state index contributed by atoms with van der Waals surface area (Å²) in [5, 5.41) is 2.53. The van der Waals surface area contributed by atoms with Crippen LogP contribution in [0.4, 0.5) is 5.82 Å². The van der Waals surface area contributed by atoms with Crippen molar-refractivity contribution in [3.8, 4) is 0 Å². The highest BCUT2D eigenvalue weighted by molar-refractivity contribution is 9.11. The van der Waals surface area contributed by atoms with Gasteiger partial charge in [-0.1, -0.05) is 11.6 Å². The Morgan fingerprint density at radius 3 is 2.81 bits per heavy atom. The van der Waals surface area contributed by atoms with E-state index in [1.165, 1.54) is 5.56 Å². The highest BCUT2D eigenvalue weighted by Crippen LogP contribution is 2.24. The number of anilines is 1. The van der Waals surface area contributed by atoms with Gasteiger partial charge in [-0.25, -0.2) is 9.97 Å². The molecule has 84 valence electrons. The van der Waals surface area contributed by atoms with Crippen molar-refractivity contribution < 1.29 is 0 Å². The van der Waals surface area contributed by atoms with E-state index in [2.05, 4.69) is 37.3 Å². The molecule has 2 heterocycles. The number of hydrogen-bond donors (Lipinski definition) is 0. The molecule has 0 bridgehead atoms. The Balaban J connectivity index is 2.14. The van der Waals surface area contributed by atoms with Crippen LogP contribution in [0.3, 0.4) is 0 Å². The molecule has 16 heavy (non-hydrogen) atoms. The molecule has 0 atom stereocenters. The van der Waals surface area contributed by atoms with Gasteiger partial charge in [0.1, 0.15) is 0 Å². The first-order valence-corrected chi connectivity index (χ1v) is 6.62. The third-order valence-corrected chi connectivity index (χ3v) is 3.86. The smallest absolute Gasteiger partial charge is 0.171 e. The number of thiophene rings is 1. The van der Waals surface area contributed by atoms with E-state index < -0.39 is 0 Å². The van der Waals surface area contributed by atoms with E-state index in [0.717, 1.165) is 10.3 Å².